The molecule has 21 heavy (non-hydrogen) atoms. The molecule has 3 nitrogen and oxygen atoms in total. The molecule has 0 saturated carbocycles. The van der Waals surface area contributed by atoms with Crippen LogP contribution in [0.4, 0.5) is 0 Å². The second-order valence-electron chi connectivity index (χ2n) is 4.88. The first-order valence-corrected chi connectivity index (χ1v) is 7.82. The highest BCUT2D eigenvalue weighted by Gasteiger charge is 2.03. The Kier molecular flexibility index (Phi) is 14.1. The molecule has 3 heteroatoms. The predicted octanol–water partition coefficient (Wildman–Crippen LogP) is 4.59. The zero-order valence-corrected chi connectivity index (χ0v) is 13.7. The number of unbranched alkanes of at least 4 members (excludes halogenated alkanes) is 2. The summed E-state index contributed by atoms with van der Waals surface area (Å²) in [7, 11) is 3.16. The van der Waals surface area contributed by atoms with E-state index in [-0.39, 0.29) is 12.1 Å². The summed E-state index contributed by atoms with van der Waals surface area (Å²) in [6.45, 7) is 2.13. The lowest BCUT2D eigenvalue weighted by molar-refractivity contribution is -0.140. The van der Waals surface area contributed by atoms with Crippen LogP contribution in [0.3, 0.4) is 0 Å². The Labute approximate surface area is 129 Å². The maximum atomic E-state index is 11.0. The number of hydrogen-bond donors (Lipinski definition) is 0. The minimum absolute atomic E-state index is 0.125. The highest BCUT2D eigenvalue weighted by atomic mass is 16.5. The van der Waals surface area contributed by atoms with Crippen LogP contribution in [0.15, 0.2) is 36.5 Å². The first-order chi connectivity index (χ1) is 10.2. The van der Waals surface area contributed by atoms with Crippen molar-refractivity contribution in [3.05, 3.63) is 36.5 Å². The van der Waals surface area contributed by atoms with Crippen LogP contribution in [0.5, 0.6) is 0 Å². The highest BCUT2D eigenvalue weighted by molar-refractivity contribution is 5.68. The van der Waals surface area contributed by atoms with E-state index in [0.29, 0.717) is 6.42 Å². The molecule has 0 spiro atoms. The smallest absolute Gasteiger partial charge is 0.305 e. The number of esters is 1. The molecular weight excluding hydrogens is 264 g/mol. The van der Waals surface area contributed by atoms with Crippen molar-refractivity contribution < 1.29 is 14.3 Å². The molecular formula is C18H30O3. The van der Waals surface area contributed by atoms with Crippen LogP contribution in [-0.2, 0) is 14.3 Å². The van der Waals surface area contributed by atoms with Gasteiger partial charge in [0.15, 0.2) is 0 Å². The van der Waals surface area contributed by atoms with E-state index in [1.165, 1.54) is 7.11 Å². The Balaban J connectivity index is 3.74. The van der Waals surface area contributed by atoms with Crippen molar-refractivity contribution in [3.63, 3.8) is 0 Å². The van der Waals surface area contributed by atoms with E-state index in [4.69, 9.17) is 4.74 Å². The molecule has 0 aromatic rings. The molecule has 0 aliphatic heterocycles. The average molecular weight is 294 g/mol. The lowest BCUT2D eigenvalue weighted by Crippen LogP contribution is -2.06. The van der Waals surface area contributed by atoms with Gasteiger partial charge in [-0.2, -0.15) is 0 Å². The number of rotatable bonds is 12. The van der Waals surface area contributed by atoms with Crippen molar-refractivity contribution in [2.24, 2.45) is 0 Å². The molecule has 120 valence electrons. The van der Waals surface area contributed by atoms with Crippen LogP contribution in [0.1, 0.15) is 51.9 Å². The predicted molar refractivity (Wildman–Crippen MR) is 88.2 cm³/mol. The fourth-order valence-corrected chi connectivity index (χ4v) is 1.87. The van der Waals surface area contributed by atoms with Crippen LogP contribution in [0.2, 0.25) is 0 Å². The van der Waals surface area contributed by atoms with Gasteiger partial charge in [0.25, 0.3) is 0 Å². The van der Waals surface area contributed by atoms with E-state index >= 15 is 0 Å². The second-order valence-corrected chi connectivity index (χ2v) is 4.88. The Morgan fingerprint density at radius 2 is 1.86 bits per heavy atom. The highest BCUT2D eigenvalue weighted by Crippen LogP contribution is 2.09. The summed E-state index contributed by atoms with van der Waals surface area (Å²) in [4.78, 5) is 11.0. The molecule has 0 amide bonds. The molecule has 0 aromatic carbocycles. The number of hydrogen-bond acceptors (Lipinski definition) is 3. The van der Waals surface area contributed by atoms with E-state index in [1.807, 2.05) is 6.08 Å². The lowest BCUT2D eigenvalue weighted by Gasteiger charge is -2.09. The minimum atomic E-state index is -0.125. The first kappa shape index (κ1) is 19.7. The quantitative estimate of drug-likeness (QED) is 0.228. The molecule has 0 bridgehead atoms. The van der Waals surface area contributed by atoms with E-state index in [9.17, 15) is 4.79 Å². The van der Waals surface area contributed by atoms with Crippen molar-refractivity contribution in [1.82, 2.24) is 0 Å². The summed E-state index contributed by atoms with van der Waals surface area (Å²) in [5.41, 5.74) is 0. The van der Waals surface area contributed by atoms with E-state index in [1.54, 1.807) is 7.11 Å². The number of carbonyl (C=O) groups excluding carboxylic acids is 1. The zero-order valence-electron chi connectivity index (χ0n) is 13.7. The maximum Gasteiger partial charge on any atom is 0.305 e. The van der Waals surface area contributed by atoms with Gasteiger partial charge < -0.3 is 9.47 Å². The number of methoxy groups -OCH3 is 2. The number of ether oxygens (including phenoxy) is 2. The summed E-state index contributed by atoms with van der Waals surface area (Å²) in [6, 6.07) is 0. The van der Waals surface area contributed by atoms with Crippen LogP contribution in [0.25, 0.3) is 0 Å². The van der Waals surface area contributed by atoms with E-state index < -0.39 is 0 Å². The maximum absolute atomic E-state index is 11.0. The number of carbonyl (C=O) groups is 1. The fraction of sp³-hybridized carbons (Fsp3) is 0.611. The molecule has 0 rings (SSSR count). The van der Waals surface area contributed by atoms with Gasteiger partial charge in [0, 0.05) is 13.5 Å². The van der Waals surface area contributed by atoms with Crippen molar-refractivity contribution in [2.75, 3.05) is 14.2 Å². The van der Waals surface area contributed by atoms with Gasteiger partial charge >= 0.3 is 5.97 Å². The molecule has 0 radical (unpaired) electrons. The second kappa shape index (κ2) is 15.0. The Morgan fingerprint density at radius 1 is 1.05 bits per heavy atom. The third-order valence-electron chi connectivity index (χ3n) is 3.15. The van der Waals surface area contributed by atoms with Gasteiger partial charge in [-0.3, -0.25) is 4.79 Å². The van der Waals surface area contributed by atoms with E-state index in [2.05, 4.69) is 42.0 Å². The first-order valence-electron chi connectivity index (χ1n) is 7.82. The summed E-state index contributed by atoms with van der Waals surface area (Å²) in [5.74, 6) is -0.125. The third kappa shape index (κ3) is 13.4. The summed E-state index contributed by atoms with van der Waals surface area (Å²) < 4.78 is 10.0. The summed E-state index contributed by atoms with van der Waals surface area (Å²) in [5, 5.41) is 0. The van der Waals surface area contributed by atoms with Gasteiger partial charge in [0.2, 0.25) is 0 Å². The summed E-state index contributed by atoms with van der Waals surface area (Å²) in [6.07, 6.45) is 19.3. The zero-order chi connectivity index (χ0) is 15.8. The van der Waals surface area contributed by atoms with Gasteiger partial charge in [0.05, 0.1) is 13.2 Å². The van der Waals surface area contributed by atoms with Crippen molar-refractivity contribution >= 4 is 5.97 Å². The summed E-state index contributed by atoms with van der Waals surface area (Å²) >= 11 is 0. The standard InChI is InChI=1S/C18H30O3/c1-4-5-6-7-8-9-11-14-17(20-2)15-12-10-13-16-18(19)21-3/h5-6,8-9,11,14,17H,4,7,10,12-13,15-16H2,1-3H3. The Bertz CT molecular complexity index is 329. The van der Waals surface area contributed by atoms with Gasteiger partial charge in [-0.1, -0.05) is 56.2 Å². The van der Waals surface area contributed by atoms with Crippen molar-refractivity contribution in [3.8, 4) is 0 Å². The van der Waals surface area contributed by atoms with Crippen LogP contribution < -0.4 is 0 Å². The van der Waals surface area contributed by atoms with Crippen LogP contribution in [0, 0.1) is 0 Å². The molecule has 0 aliphatic carbocycles. The van der Waals surface area contributed by atoms with Gasteiger partial charge in [0.1, 0.15) is 0 Å². The minimum Gasteiger partial charge on any atom is -0.469 e. The average Bonchev–Trinajstić information content (AvgIpc) is 2.51. The van der Waals surface area contributed by atoms with Gasteiger partial charge in [-0.15, -0.1) is 0 Å². The van der Waals surface area contributed by atoms with Crippen LogP contribution in [-0.4, -0.2) is 26.3 Å². The Morgan fingerprint density at radius 3 is 2.52 bits per heavy atom. The Hall–Kier alpha value is -1.35. The number of allylic oxidation sites excluding steroid dienone is 5. The molecule has 1 unspecified atom stereocenters. The van der Waals surface area contributed by atoms with Gasteiger partial charge in [-0.05, 0) is 25.7 Å². The molecule has 0 heterocycles. The molecule has 0 aromatic heterocycles. The molecule has 0 aliphatic rings. The topological polar surface area (TPSA) is 35.5 Å². The van der Waals surface area contributed by atoms with Crippen molar-refractivity contribution in [2.45, 2.75) is 58.0 Å². The molecule has 0 saturated heterocycles. The largest absolute Gasteiger partial charge is 0.469 e. The van der Waals surface area contributed by atoms with E-state index in [0.717, 1.165) is 38.5 Å². The lowest BCUT2D eigenvalue weighted by atomic mass is 10.1. The monoisotopic (exact) mass is 294 g/mol. The molecule has 1 atom stereocenters. The van der Waals surface area contributed by atoms with Crippen LogP contribution >= 0.6 is 0 Å². The SMILES string of the molecule is CCC=CCC=CC=CC(CCCCCC(=O)OC)OC. The fourth-order valence-electron chi connectivity index (χ4n) is 1.87. The molecule has 0 fully saturated rings. The third-order valence-corrected chi connectivity index (χ3v) is 3.15. The molecule has 0 N–H and O–H groups in total. The van der Waals surface area contributed by atoms with Crippen molar-refractivity contribution in [1.29, 1.82) is 0 Å². The van der Waals surface area contributed by atoms with Gasteiger partial charge in [-0.25, -0.2) is 0 Å². The normalized spacial score (nSPS) is 13.5.